The predicted octanol–water partition coefficient (Wildman–Crippen LogP) is 1.76. The van der Waals surface area contributed by atoms with Gasteiger partial charge in [0.2, 0.25) is 11.0 Å². The Morgan fingerprint density at radius 2 is 2.33 bits per heavy atom. The van der Waals surface area contributed by atoms with Gasteiger partial charge in [-0.1, -0.05) is 25.2 Å². The number of aromatic nitrogens is 2. The van der Waals surface area contributed by atoms with Crippen molar-refractivity contribution < 1.29 is 4.79 Å². The van der Waals surface area contributed by atoms with Crippen molar-refractivity contribution in [1.29, 1.82) is 0 Å². The maximum Gasteiger partial charge on any atom is 0.244 e. The molecule has 8 heteroatoms. The van der Waals surface area contributed by atoms with Crippen LogP contribution in [0.15, 0.2) is 0 Å². The van der Waals surface area contributed by atoms with Gasteiger partial charge in [0.25, 0.3) is 0 Å². The van der Waals surface area contributed by atoms with Crippen molar-refractivity contribution in [3.05, 3.63) is 5.01 Å². The Bertz CT molecular complexity index is 393. The number of thioether (sulfide) groups is 1. The summed E-state index contributed by atoms with van der Waals surface area (Å²) in [5.74, 6) is 2.21. The van der Waals surface area contributed by atoms with Crippen LogP contribution in [-0.4, -0.2) is 33.8 Å². The molecule has 0 aliphatic carbocycles. The first-order chi connectivity index (χ1) is 8.15. The van der Waals surface area contributed by atoms with E-state index < -0.39 is 0 Å². The molecule has 0 radical (unpaired) electrons. The Morgan fingerprint density at radius 1 is 1.56 bits per heavy atom. The van der Waals surface area contributed by atoms with Crippen molar-refractivity contribution in [1.82, 2.24) is 15.5 Å². The molecule has 1 aromatic heterocycles. The summed E-state index contributed by atoms with van der Waals surface area (Å²) in [6.45, 7) is 4.28. The van der Waals surface area contributed by atoms with Gasteiger partial charge in [-0.25, -0.2) is 0 Å². The number of nitrogens with zero attached hydrogens (tertiary/aromatic N) is 2. The highest BCUT2D eigenvalue weighted by Gasteiger charge is 2.23. The zero-order valence-corrected chi connectivity index (χ0v) is 12.8. The molecule has 2 rings (SSSR count). The van der Waals surface area contributed by atoms with Crippen molar-refractivity contribution in [3.8, 4) is 0 Å². The van der Waals surface area contributed by atoms with Crippen LogP contribution in [0.3, 0.4) is 0 Å². The van der Waals surface area contributed by atoms with Crippen molar-refractivity contribution >= 4 is 46.5 Å². The number of hydrogen-bond donors (Lipinski definition) is 2. The molecule has 1 aromatic rings. The average Bonchev–Trinajstić information content (AvgIpc) is 2.87. The third-order valence-corrected chi connectivity index (χ3v) is 4.11. The number of halogens is 1. The van der Waals surface area contributed by atoms with E-state index in [9.17, 15) is 4.79 Å². The highest BCUT2D eigenvalue weighted by atomic mass is 35.5. The van der Waals surface area contributed by atoms with Crippen molar-refractivity contribution in [3.63, 3.8) is 0 Å². The number of nitrogens with one attached hydrogen (secondary N) is 2. The van der Waals surface area contributed by atoms with Gasteiger partial charge in [-0.2, -0.15) is 0 Å². The van der Waals surface area contributed by atoms with Crippen LogP contribution < -0.4 is 10.6 Å². The summed E-state index contributed by atoms with van der Waals surface area (Å²) in [4.78, 5) is 11.8. The van der Waals surface area contributed by atoms with E-state index in [1.807, 2.05) is 0 Å². The molecule has 2 heterocycles. The zero-order valence-electron chi connectivity index (χ0n) is 10.3. The fourth-order valence-corrected chi connectivity index (χ4v) is 3.39. The molecule has 0 spiro atoms. The Kier molecular flexibility index (Phi) is 6.34. The molecule has 1 aliphatic heterocycles. The molecule has 1 atom stereocenters. The van der Waals surface area contributed by atoms with E-state index in [0.717, 1.165) is 23.1 Å². The van der Waals surface area contributed by atoms with Gasteiger partial charge in [-0.05, 0) is 5.92 Å². The van der Waals surface area contributed by atoms with Crippen LogP contribution in [0.2, 0.25) is 0 Å². The lowest BCUT2D eigenvalue weighted by Gasteiger charge is -2.07. The summed E-state index contributed by atoms with van der Waals surface area (Å²) in [5, 5.41) is 15.6. The molecule has 2 N–H and O–H groups in total. The predicted molar refractivity (Wildman–Crippen MR) is 78.6 cm³/mol. The average molecular weight is 309 g/mol. The van der Waals surface area contributed by atoms with E-state index in [2.05, 4.69) is 34.7 Å². The van der Waals surface area contributed by atoms with E-state index in [1.54, 1.807) is 11.8 Å². The lowest BCUT2D eigenvalue weighted by atomic mass is 10.1. The Labute approximate surface area is 121 Å². The third-order valence-electron chi connectivity index (χ3n) is 2.31. The van der Waals surface area contributed by atoms with Gasteiger partial charge in [0.05, 0.1) is 6.04 Å². The highest BCUT2D eigenvalue weighted by molar-refractivity contribution is 7.99. The van der Waals surface area contributed by atoms with E-state index in [1.165, 1.54) is 11.3 Å². The number of carbonyl (C=O) groups is 1. The number of anilines is 1. The maximum absolute atomic E-state index is 11.8. The van der Waals surface area contributed by atoms with E-state index in [4.69, 9.17) is 0 Å². The fraction of sp³-hybridized carbons (Fsp3) is 0.700. The van der Waals surface area contributed by atoms with Crippen LogP contribution in [0.4, 0.5) is 5.13 Å². The Hall–Kier alpha value is -0.370. The molecule has 0 aromatic carbocycles. The van der Waals surface area contributed by atoms with Gasteiger partial charge in [-0.15, -0.1) is 34.4 Å². The molecular formula is C10H17ClN4OS2. The third kappa shape index (κ3) is 4.38. The standard InChI is InChI=1S/C10H16N4OS2.ClH/c1-6(2)3-8-13-14-10(17-8)12-9(15)7-4-16-5-11-7;/h6-7,11H,3-5H2,1-2H3,(H,12,14,15);1H. The van der Waals surface area contributed by atoms with Gasteiger partial charge < -0.3 is 0 Å². The second-order valence-corrected chi connectivity index (χ2v) is 6.45. The van der Waals surface area contributed by atoms with Crippen LogP contribution in [0.1, 0.15) is 18.9 Å². The van der Waals surface area contributed by atoms with Crippen molar-refractivity contribution in [2.45, 2.75) is 26.3 Å². The SMILES string of the molecule is CC(C)Cc1nnc(NC(=O)C2CSCN2)s1.Cl. The number of rotatable bonds is 4. The summed E-state index contributed by atoms with van der Waals surface area (Å²) in [6, 6.07) is -0.0996. The zero-order chi connectivity index (χ0) is 12.3. The lowest BCUT2D eigenvalue weighted by Crippen LogP contribution is -2.37. The molecule has 1 aliphatic rings. The van der Waals surface area contributed by atoms with E-state index in [-0.39, 0.29) is 24.4 Å². The molecule has 0 bridgehead atoms. The largest absolute Gasteiger partial charge is 0.299 e. The Morgan fingerprint density at radius 3 is 2.94 bits per heavy atom. The van der Waals surface area contributed by atoms with Crippen LogP contribution in [-0.2, 0) is 11.2 Å². The first-order valence-corrected chi connectivity index (χ1v) is 7.56. The number of amides is 1. The van der Waals surface area contributed by atoms with Gasteiger partial charge in [0, 0.05) is 18.1 Å². The summed E-state index contributed by atoms with van der Waals surface area (Å²) < 4.78 is 0. The minimum Gasteiger partial charge on any atom is -0.299 e. The highest BCUT2D eigenvalue weighted by Crippen LogP contribution is 2.19. The van der Waals surface area contributed by atoms with Gasteiger partial charge in [-0.3, -0.25) is 15.4 Å². The fourth-order valence-electron chi connectivity index (χ4n) is 1.49. The number of hydrogen-bond acceptors (Lipinski definition) is 6. The van der Waals surface area contributed by atoms with Crippen molar-refractivity contribution in [2.24, 2.45) is 5.92 Å². The Balaban J connectivity index is 0.00000162. The molecule has 0 saturated carbocycles. The van der Waals surface area contributed by atoms with Crippen LogP contribution >= 0.6 is 35.5 Å². The first kappa shape index (κ1) is 15.7. The number of carbonyl (C=O) groups excluding carboxylic acids is 1. The molecule has 1 unspecified atom stereocenters. The molecule has 1 amide bonds. The summed E-state index contributed by atoms with van der Waals surface area (Å²) in [6.07, 6.45) is 0.908. The molecule has 5 nitrogen and oxygen atoms in total. The molecule has 102 valence electrons. The van der Waals surface area contributed by atoms with Crippen LogP contribution in [0, 0.1) is 5.92 Å². The van der Waals surface area contributed by atoms with E-state index in [0.29, 0.717) is 11.0 Å². The van der Waals surface area contributed by atoms with Gasteiger partial charge in [0.1, 0.15) is 5.01 Å². The van der Waals surface area contributed by atoms with Gasteiger partial charge in [0.15, 0.2) is 0 Å². The summed E-state index contributed by atoms with van der Waals surface area (Å²) >= 11 is 3.19. The second-order valence-electron chi connectivity index (χ2n) is 4.36. The molecule has 1 saturated heterocycles. The summed E-state index contributed by atoms with van der Waals surface area (Å²) in [5.41, 5.74) is 0. The molecular weight excluding hydrogens is 292 g/mol. The van der Waals surface area contributed by atoms with Crippen molar-refractivity contribution in [2.75, 3.05) is 16.9 Å². The lowest BCUT2D eigenvalue weighted by molar-refractivity contribution is -0.117. The smallest absolute Gasteiger partial charge is 0.244 e. The molecule has 18 heavy (non-hydrogen) atoms. The minimum absolute atomic E-state index is 0. The topological polar surface area (TPSA) is 66.9 Å². The maximum atomic E-state index is 11.8. The summed E-state index contributed by atoms with van der Waals surface area (Å²) in [7, 11) is 0. The second kappa shape index (κ2) is 7.28. The normalized spacial score (nSPS) is 18.7. The van der Waals surface area contributed by atoms with E-state index >= 15 is 0 Å². The monoisotopic (exact) mass is 308 g/mol. The van der Waals surface area contributed by atoms with Crippen LogP contribution in [0.5, 0.6) is 0 Å². The quantitative estimate of drug-likeness (QED) is 0.887. The van der Waals surface area contributed by atoms with Crippen LogP contribution in [0.25, 0.3) is 0 Å². The van der Waals surface area contributed by atoms with Gasteiger partial charge >= 0.3 is 0 Å². The minimum atomic E-state index is -0.0996. The first-order valence-electron chi connectivity index (χ1n) is 5.59. The molecule has 1 fully saturated rings.